The fourth-order valence-corrected chi connectivity index (χ4v) is 8.08. The van der Waals surface area contributed by atoms with E-state index in [1.165, 1.54) is 33.4 Å². The number of rotatable bonds is 8. The number of nitrogens with zero attached hydrogens (tertiary/aromatic N) is 1. The van der Waals surface area contributed by atoms with Gasteiger partial charge in [-0.05, 0) is 74.8 Å². The van der Waals surface area contributed by atoms with E-state index in [9.17, 15) is 0 Å². The Morgan fingerprint density at radius 1 is 0.268 bits per heavy atom. The Bertz CT molecular complexity index is 2960. The SMILES string of the molecule is c1ccc(-c2ccc(-c3ccccc3N(c3ccc4c(c3)oc3ccccc34)c3ccccc3-c3ccccc3-c3ccccc3-c3ccccc3)cc2)cc1. The predicted molar refractivity (Wildman–Crippen MR) is 236 cm³/mol. The predicted octanol–water partition coefficient (Wildman–Crippen LogP) is 15.4. The van der Waals surface area contributed by atoms with Crippen molar-refractivity contribution < 1.29 is 4.42 Å². The maximum Gasteiger partial charge on any atom is 0.137 e. The molecule has 0 aliphatic rings. The number of para-hydroxylation sites is 3. The molecule has 0 aliphatic carbocycles. The minimum absolute atomic E-state index is 0.855. The van der Waals surface area contributed by atoms with Crippen molar-refractivity contribution >= 4 is 39.0 Å². The van der Waals surface area contributed by atoms with Crippen LogP contribution in [0.1, 0.15) is 0 Å². The molecule has 0 unspecified atom stereocenters. The minimum Gasteiger partial charge on any atom is -0.456 e. The molecule has 0 saturated heterocycles. The van der Waals surface area contributed by atoms with Crippen LogP contribution in [0.2, 0.25) is 0 Å². The van der Waals surface area contributed by atoms with Crippen LogP contribution in [0, 0.1) is 0 Å². The van der Waals surface area contributed by atoms with E-state index in [2.05, 4.69) is 217 Å². The van der Waals surface area contributed by atoms with Crippen LogP contribution in [-0.4, -0.2) is 0 Å². The summed E-state index contributed by atoms with van der Waals surface area (Å²) in [5.74, 6) is 0. The molecule has 0 aliphatic heterocycles. The minimum atomic E-state index is 0.855. The van der Waals surface area contributed by atoms with Gasteiger partial charge in [0.05, 0.1) is 11.4 Å². The molecule has 0 spiro atoms. The average Bonchev–Trinajstić information content (AvgIpc) is 3.66. The summed E-state index contributed by atoms with van der Waals surface area (Å²) in [6, 6.07) is 80.1. The van der Waals surface area contributed by atoms with E-state index in [0.717, 1.165) is 61.3 Å². The van der Waals surface area contributed by atoms with Gasteiger partial charge in [0.25, 0.3) is 0 Å². The molecule has 0 amide bonds. The molecule has 2 heteroatoms. The second kappa shape index (κ2) is 14.4. The number of furan rings is 1. The smallest absolute Gasteiger partial charge is 0.137 e. The highest BCUT2D eigenvalue weighted by Gasteiger charge is 2.23. The van der Waals surface area contributed by atoms with Crippen molar-refractivity contribution in [1.82, 2.24) is 0 Å². The van der Waals surface area contributed by atoms with E-state index < -0.39 is 0 Å². The third-order valence-corrected chi connectivity index (χ3v) is 10.7. The maximum atomic E-state index is 6.51. The van der Waals surface area contributed by atoms with Gasteiger partial charge in [0.2, 0.25) is 0 Å². The Kier molecular flexibility index (Phi) is 8.55. The van der Waals surface area contributed by atoms with Crippen LogP contribution in [-0.2, 0) is 0 Å². The van der Waals surface area contributed by atoms with Crippen molar-refractivity contribution in [3.05, 3.63) is 224 Å². The summed E-state index contributed by atoms with van der Waals surface area (Å²) in [5.41, 5.74) is 16.6. The van der Waals surface area contributed by atoms with Crippen LogP contribution in [0.3, 0.4) is 0 Å². The Morgan fingerprint density at radius 3 is 1.39 bits per heavy atom. The van der Waals surface area contributed by atoms with E-state index in [0.29, 0.717) is 0 Å². The maximum absolute atomic E-state index is 6.51. The first-order valence-electron chi connectivity index (χ1n) is 19.1. The van der Waals surface area contributed by atoms with Crippen LogP contribution in [0.5, 0.6) is 0 Å². The van der Waals surface area contributed by atoms with Gasteiger partial charge in [-0.1, -0.05) is 188 Å². The van der Waals surface area contributed by atoms with Gasteiger partial charge in [0, 0.05) is 33.7 Å². The molecule has 264 valence electrons. The molecular weight excluding hydrogens is 679 g/mol. The third kappa shape index (κ3) is 6.04. The highest BCUT2D eigenvalue weighted by atomic mass is 16.3. The van der Waals surface area contributed by atoms with Gasteiger partial charge in [-0.25, -0.2) is 0 Å². The van der Waals surface area contributed by atoms with Gasteiger partial charge in [0.15, 0.2) is 0 Å². The second-order valence-corrected chi connectivity index (χ2v) is 14.0. The number of hydrogen-bond donors (Lipinski definition) is 0. The molecule has 10 rings (SSSR count). The van der Waals surface area contributed by atoms with Gasteiger partial charge in [-0.3, -0.25) is 0 Å². The molecular formula is C54H37NO. The highest BCUT2D eigenvalue weighted by Crippen LogP contribution is 2.48. The van der Waals surface area contributed by atoms with E-state index in [1.807, 2.05) is 12.1 Å². The van der Waals surface area contributed by atoms with E-state index >= 15 is 0 Å². The van der Waals surface area contributed by atoms with Crippen molar-refractivity contribution in [3.63, 3.8) is 0 Å². The molecule has 0 saturated carbocycles. The second-order valence-electron chi connectivity index (χ2n) is 14.0. The first-order chi connectivity index (χ1) is 27.8. The lowest BCUT2D eigenvalue weighted by atomic mass is 9.88. The normalized spacial score (nSPS) is 11.2. The molecule has 0 N–H and O–H groups in total. The first kappa shape index (κ1) is 33.2. The lowest BCUT2D eigenvalue weighted by Gasteiger charge is -2.30. The summed E-state index contributed by atoms with van der Waals surface area (Å²) >= 11 is 0. The summed E-state index contributed by atoms with van der Waals surface area (Å²) in [5, 5.41) is 2.22. The van der Waals surface area contributed by atoms with Gasteiger partial charge >= 0.3 is 0 Å². The molecule has 10 aromatic rings. The molecule has 2 nitrogen and oxygen atoms in total. The molecule has 1 aromatic heterocycles. The zero-order chi connectivity index (χ0) is 37.3. The van der Waals surface area contributed by atoms with Gasteiger partial charge in [0.1, 0.15) is 11.2 Å². The van der Waals surface area contributed by atoms with Gasteiger partial charge in [-0.2, -0.15) is 0 Å². The largest absolute Gasteiger partial charge is 0.456 e. The third-order valence-electron chi connectivity index (χ3n) is 10.7. The summed E-state index contributed by atoms with van der Waals surface area (Å²) in [4.78, 5) is 2.41. The first-order valence-corrected chi connectivity index (χ1v) is 19.1. The number of anilines is 3. The van der Waals surface area contributed by atoms with Crippen LogP contribution in [0.4, 0.5) is 17.1 Å². The summed E-state index contributed by atoms with van der Waals surface area (Å²) in [7, 11) is 0. The Labute approximate surface area is 327 Å². The van der Waals surface area contributed by atoms with Crippen LogP contribution >= 0.6 is 0 Å². The Hall–Kier alpha value is -7.42. The van der Waals surface area contributed by atoms with Crippen molar-refractivity contribution in [3.8, 4) is 55.6 Å². The standard InChI is InChI=1S/C54H37NO/c1-3-17-38(18-4-1)39-31-33-41(34-32-39)44-22-11-14-28-51(44)55(42-35-36-50-49-27-13-16-30-53(49)56-54(50)37-42)52-29-15-12-26-48(52)47-25-10-9-24-46(47)45-23-8-7-21-43(45)40-19-5-2-6-20-40/h1-37H. The Balaban J connectivity index is 1.19. The van der Waals surface area contributed by atoms with Crippen molar-refractivity contribution in [2.45, 2.75) is 0 Å². The molecule has 0 radical (unpaired) electrons. The zero-order valence-electron chi connectivity index (χ0n) is 30.7. The van der Waals surface area contributed by atoms with E-state index in [1.54, 1.807) is 0 Å². The molecule has 0 fully saturated rings. The lowest BCUT2D eigenvalue weighted by molar-refractivity contribution is 0.669. The number of hydrogen-bond acceptors (Lipinski definition) is 2. The summed E-state index contributed by atoms with van der Waals surface area (Å²) < 4.78 is 6.51. The van der Waals surface area contributed by atoms with E-state index in [4.69, 9.17) is 4.42 Å². The summed E-state index contributed by atoms with van der Waals surface area (Å²) in [6.07, 6.45) is 0. The Morgan fingerprint density at radius 2 is 0.696 bits per heavy atom. The van der Waals surface area contributed by atoms with Crippen LogP contribution in [0.15, 0.2) is 229 Å². The molecule has 9 aromatic carbocycles. The average molecular weight is 716 g/mol. The number of benzene rings is 9. The summed E-state index contributed by atoms with van der Waals surface area (Å²) in [6.45, 7) is 0. The monoisotopic (exact) mass is 715 g/mol. The molecule has 0 bridgehead atoms. The van der Waals surface area contributed by atoms with Crippen molar-refractivity contribution in [2.24, 2.45) is 0 Å². The topological polar surface area (TPSA) is 16.4 Å². The number of fused-ring (bicyclic) bond motifs is 3. The van der Waals surface area contributed by atoms with Crippen molar-refractivity contribution in [2.75, 3.05) is 4.90 Å². The van der Waals surface area contributed by atoms with Gasteiger partial charge in [-0.15, -0.1) is 0 Å². The quantitative estimate of drug-likeness (QED) is 0.156. The molecule has 1 heterocycles. The molecule has 56 heavy (non-hydrogen) atoms. The fourth-order valence-electron chi connectivity index (χ4n) is 8.08. The fraction of sp³-hybridized carbons (Fsp3) is 0. The van der Waals surface area contributed by atoms with E-state index in [-0.39, 0.29) is 0 Å². The van der Waals surface area contributed by atoms with Crippen molar-refractivity contribution in [1.29, 1.82) is 0 Å². The van der Waals surface area contributed by atoms with Crippen LogP contribution in [0.25, 0.3) is 77.6 Å². The van der Waals surface area contributed by atoms with Crippen LogP contribution < -0.4 is 4.90 Å². The van der Waals surface area contributed by atoms with Gasteiger partial charge < -0.3 is 9.32 Å². The molecule has 0 atom stereocenters. The lowest BCUT2D eigenvalue weighted by Crippen LogP contribution is -2.12. The highest BCUT2D eigenvalue weighted by molar-refractivity contribution is 6.07. The zero-order valence-corrected chi connectivity index (χ0v) is 30.7.